The zero-order valence-corrected chi connectivity index (χ0v) is 10.7. The van der Waals surface area contributed by atoms with E-state index in [0.29, 0.717) is 5.95 Å². The first-order valence-electron chi connectivity index (χ1n) is 6.16. The summed E-state index contributed by atoms with van der Waals surface area (Å²) in [4.78, 5) is 16.1. The van der Waals surface area contributed by atoms with Crippen LogP contribution in [0.4, 0.5) is 5.95 Å². The molecule has 0 unspecified atom stereocenters. The van der Waals surface area contributed by atoms with Crippen LogP contribution < -0.4 is 10.6 Å². The van der Waals surface area contributed by atoms with E-state index in [1.54, 1.807) is 7.05 Å². The van der Waals surface area contributed by atoms with E-state index in [4.69, 9.17) is 0 Å². The summed E-state index contributed by atoms with van der Waals surface area (Å²) in [6.45, 7) is 3.24. The molecule has 18 heavy (non-hydrogen) atoms. The molecule has 1 aromatic heterocycles. The monoisotopic (exact) mass is 246 g/mol. The normalized spacial score (nSPS) is 10.8. The number of para-hydroxylation sites is 2. The van der Waals surface area contributed by atoms with Crippen LogP contribution in [-0.2, 0) is 11.3 Å². The number of anilines is 1. The van der Waals surface area contributed by atoms with Crippen molar-refractivity contribution in [3.8, 4) is 0 Å². The van der Waals surface area contributed by atoms with Crippen LogP contribution in [0.2, 0.25) is 0 Å². The highest BCUT2D eigenvalue weighted by Gasteiger charge is 2.11. The van der Waals surface area contributed by atoms with Gasteiger partial charge in [0.05, 0.1) is 17.6 Å². The number of nitrogens with one attached hydrogen (secondary N) is 2. The predicted octanol–water partition coefficient (Wildman–Crippen LogP) is 1.60. The molecule has 0 radical (unpaired) electrons. The minimum atomic E-state index is -0.0786. The van der Waals surface area contributed by atoms with Crippen LogP contribution in [0, 0.1) is 0 Å². The molecule has 96 valence electrons. The van der Waals surface area contributed by atoms with Crippen molar-refractivity contribution in [1.29, 1.82) is 0 Å². The van der Waals surface area contributed by atoms with Crippen LogP contribution in [0.25, 0.3) is 11.0 Å². The Morgan fingerprint density at radius 3 is 2.89 bits per heavy atom. The zero-order chi connectivity index (χ0) is 13.0. The van der Waals surface area contributed by atoms with Crippen molar-refractivity contribution >= 4 is 22.9 Å². The van der Waals surface area contributed by atoms with Gasteiger partial charge in [0.1, 0.15) is 0 Å². The van der Waals surface area contributed by atoms with E-state index in [9.17, 15) is 4.79 Å². The van der Waals surface area contributed by atoms with Gasteiger partial charge in [-0.05, 0) is 25.6 Å². The van der Waals surface area contributed by atoms with Crippen LogP contribution in [0.5, 0.6) is 0 Å². The third-order valence-electron chi connectivity index (χ3n) is 2.69. The number of aromatic nitrogens is 2. The summed E-state index contributed by atoms with van der Waals surface area (Å²) < 4.78 is 2.04. The van der Waals surface area contributed by atoms with Gasteiger partial charge in [0.2, 0.25) is 11.9 Å². The molecule has 0 spiro atoms. The second-order valence-corrected chi connectivity index (χ2v) is 4.15. The number of benzene rings is 1. The maximum Gasteiger partial charge on any atom is 0.240 e. The fourth-order valence-electron chi connectivity index (χ4n) is 1.95. The molecule has 0 aliphatic rings. The Hall–Kier alpha value is -1.88. The van der Waals surface area contributed by atoms with Gasteiger partial charge in [-0.15, -0.1) is 0 Å². The largest absolute Gasteiger partial charge is 0.311 e. The maximum atomic E-state index is 11.6. The molecule has 0 aliphatic carbocycles. The fraction of sp³-hybridized carbons (Fsp3) is 0.385. The highest BCUT2D eigenvalue weighted by atomic mass is 16.2. The average molecular weight is 246 g/mol. The van der Waals surface area contributed by atoms with Crippen LogP contribution in [0.3, 0.4) is 0 Å². The van der Waals surface area contributed by atoms with Gasteiger partial charge in [0.25, 0.3) is 0 Å². The number of hydrogen-bond donors (Lipinski definition) is 2. The highest BCUT2D eigenvalue weighted by Crippen LogP contribution is 2.19. The number of fused-ring (bicyclic) bond motifs is 1. The molecular formula is C13H18N4O. The van der Waals surface area contributed by atoms with Crippen molar-refractivity contribution in [3.63, 3.8) is 0 Å². The van der Waals surface area contributed by atoms with Gasteiger partial charge in [0, 0.05) is 6.54 Å². The van der Waals surface area contributed by atoms with Crippen LogP contribution >= 0.6 is 0 Å². The van der Waals surface area contributed by atoms with Gasteiger partial charge in [-0.25, -0.2) is 4.98 Å². The lowest BCUT2D eigenvalue weighted by atomic mass is 10.3. The molecule has 0 bridgehead atoms. The Morgan fingerprint density at radius 2 is 2.17 bits per heavy atom. The molecule has 0 atom stereocenters. The second-order valence-electron chi connectivity index (χ2n) is 4.15. The number of rotatable bonds is 5. The summed E-state index contributed by atoms with van der Waals surface area (Å²) >= 11 is 0. The molecule has 0 saturated carbocycles. The number of hydrogen-bond acceptors (Lipinski definition) is 3. The number of nitrogens with zero attached hydrogens (tertiary/aromatic N) is 2. The molecule has 2 rings (SSSR count). The molecule has 0 fully saturated rings. The van der Waals surface area contributed by atoms with Crippen molar-refractivity contribution < 1.29 is 4.79 Å². The van der Waals surface area contributed by atoms with E-state index in [2.05, 4.69) is 22.5 Å². The van der Waals surface area contributed by atoms with Crippen LogP contribution in [0.15, 0.2) is 24.3 Å². The van der Waals surface area contributed by atoms with Gasteiger partial charge in [-0.2, -0.15) is 0 Å². The van der Waals surface area contributed by atoms with Crippen molar-refractivity contribution in [2.75, 3.05) is 18.9 Å². The molecule has 1 aromatic carbocycles. The first-order chi connectivity index (χ1) is 8.76. The van der Waals surface area contributed by atoms with Gasteiger partial charge in [0.15, 0.2) is 0 Å². The molecule has 5 heteroatoms. The van der Waals surface area contributed by atoms with Gasteiger partial charge < -0.3 is 9.88 Å². The third kappa shape index (κ3) is 2.51. The quantitative estimate of drug-likeness (QED) is 0.842. The number of amides is 1. The first-order valence-corrected chi connectivity index (χ1v) is 6.16. The zero-order valence-electron chi connectivity index (χ0n) is 10.7. The van der Waals surface area contributed by atoms with Gasteiger partial charge in [-0.3, -0.25) is 10.1 Å². The fourth-order valence-corrected chi connectivity index (χ4v) is 1.95. The second kappa shape index (κ2) is 5.64. The average Bonchev–Trinajstić information content (AvgIpc) is 2.68. The molecule has 0 saturated heterocycles. The SMILES string of the molecule is CCCn1c(NC(=O)CNC)nc2ccccc21. The van der Waals surface area contributed by atoms with Crippen molar-refractivity contribution in [2.24, 2.45) is 0 Å². The molecule has 1 heterocycles. The minimum absolute atomic E-state index is 0.0786. The summed E-state index contributed by atoms with van der Waals surface area (Å²) in [5, 5.41) is 5.66. The Balaban J connectivity index is 2.36. The number of likely N-dealkylation sites (N-methyl/N-ethyl adjacent to an activating group) is 1. The standard InChI is InChI=1S/C13H18N4O/c1-3-8-17-11-7-5-4-6-10(11)15-13(17)16-12(18)9-14-2/h4-7,14H,3,8-9H2,1-2H3,(H,15,16,18). The van der Waals surface area contributed by atoms with E-state index in [1.807, 2.05) is 28.8 Å². The van der Waals surface area contributed by atoms with Crippen molar-refractivity contribution in [3.05, 3.63) is 24.3 Å². The first kappa shape index (κ1) is 12.6. The lowest BCUT2D eigenvalue weighted by Gasteiger charge is -2.08. The topological polar surface area (TPSA) is 59.0 Å². The predicted molar refractivity (Wildman–Crippen MR) is 72.6 cm³/mol. The van der Waals surface area contributed by atoms with Crippen LogP contribution in [-0.4, -0.2) is 29.1 Å². The maximum absolute atomic E-state index is 11.6. The molecule has 5 nitrogen and oxygen atoms in total. The summed E-state index contributed by atoms with van der Waals surface area (Å²) in [5.74, 6) is 0.545. The molecular weight excluding hydrogens is 228 g/mol. The van der Waals surface area contributed by atoms with E-state index in [1.165, 1.54) is 0 Å². The van der Waals surface area contributed by atoms with E-state index >= 15 is 0 Å². The van der Waals surface area contributed by atoms with E-state index in [0.717, 1.165) is 24.0 Å². The van der Waals surface area contributed by atoms with Crippen molar-refractivity contribution in [1.82, 2.24) is 14.9 Å². The Morgan fingerprint density at radius 1 is 1.39 bits per heavy atom. The highest BCUT2D eigenvalue weighted by molar-refractivity contribution is 5.92. The van der Waals surface area contributed by atoms with Gasteiger partial charge in [-0.1, -0.05) is 19.1 Å². The minimum Gasteiger partial charge on any atom is -0.311 e. The Kier molecular flexibility index (Phi) is 3.94. The lowest BCUT2D eigenvalue weighted by molar-refractivity contribution is -0.115. The summed E-state index contributed by atoms with van der Waals surface area (Å²) in [7, 11) is 1.74. The number of carbonyl (C=O) groups is 1. The summed E-state index contributed by atoms with van der Waals surface area (Å²) in [6.07, 6.45) is 0.995. The van der Waals surface area contributed by atoms with Crippen molar-refractivity contribution in [2.45, 2.75) is 19.9 Å². The molecule has 0 aliphatic heterocycles. The Labute approximate surface area is 106 Å². The smallest absolute Gasteiger partial charge is 0.240 e. The number of carbonyl (C=O) groups excluding carboxylic acids is 1. The summed E-state index contributed by atoms with van der Waals surface area (Å²) in [5.41, 5.74) is 1.96. The van der Waals surface area contributed by atoms with Crippen LogP contribution in [0.1, 0.15) is 13.3 Å². The lowest BCUT2D eigenvalue weighted by Crippen LogP contribution is -2.26. The number of imidazole rings is 1. The van der Waals surface area contributed by atoms with Gasteiger partial charge >= 0.3 is 0 Å². The third-order valence-corrected chi connectivity index (χ3v) is 2.69. The number of aryl methyl sites for hydroxylation is 1. The summed E-state index contributed by atoms with van der Waals surface area (Å²) in [6, 6.07) is 7.90. The molecule has 2 aromatic rings. The van der Waals surface area contributed by atoms with E-state index in [-0.39, 0.29) is 12.5 Å². The molecule has 2 N–H and O–H groups in total. The molecule has 1 amide bonds. The van der Waals surface area contributed by atoms with E-state index < -0.39 is 0 Å². The Bertz CT molecular complexity index is 547.